The maximum Gasteiger partial charge on any atom is 0.275 e. The van der Waals surface area contributed by atoms with Gasteiger partial charge in [-0.1, -0.05) is 11.6 Å². The quantitative estimate of drug-likeness (QED) is 0.799. The third-order valence-electron chi connectivity index (χ3n) is 3.54. The molecule has 0 aliphatic rings. The summed E-state index contributed by atoms with van der Waals surface area (Å²) in [4.78, 5) is 18.8. The molecular formula is C17H17ClN4O. The van der Waals surface area contributed by atoms with Crippen LogP contribution in [0.3, 0.4) is 0 Å². The number of aryl methyl sites for hydroxylation is 1. The minimum Gasteiger partial charge on any atom is -0.376 e. The van der Waals surface area contributed by atoms with Crippen molar-refractivity contribution in [3.05, 3.63) is 59.0 Å². The molecule has 118 valence electrons. The van der Waals surface area contributed by atoms with Crippen molar-refractivity contribution in [3.8, 4) is 0 Å². The SMILES string of the molecule is Cc1ccn2cc(C(=O)Nc3cc(Cl)ccc3N(C)C)nc2c1. The number of pyridine rings is 1. The molecule has 2 aromatic heterocycles. The lowest BCUT2D eigenvalue weighted by molar-refractivity contribution is 0.102. The van der Waals surface area contributed by atoms with Crippen LogP contribution in [0.4, 0.5) is 11.4 Å². The van der Waals surface area contributed by atoms with Crippen LogP contribution in [-0.2, 0) is 0 Å². The van der Waals surface area contributed by atoms with Crippen LogP contribution in [0.15, 0.2) is 42.7 Å². The van der Waals surface area contributed by atoms with E-state index in [1.54, 1.807) is 18.3 Å². The van der Waals surface area contributed by atoms with Gasteiger partial charge in [-0.15, -0.1) is 0 Å². The number of carbonyl (C=O) groups excluding carboxylic acids is 1. The number of nitrogens with one attached hydrogen (secondary N) is 1. The maximum atomic E-state index is 12.5. The van der Waals surface area contributed by atoms with Crippen LogP contribution < -0.4 is 10.2 Å². The van der Waals surface area contributed by atoms with Crippen molar-refractivity contribution in [2.75, 3.05) is 24.3 Å². The predicted octanol–water partition coefficient (Wildman–Crippen LogP) is 3.61. The third kappa shape index (κ3) is 3.14. The summed E-state index contributed by atoms with van der Waals surface area (Å²) in [6.07, 6.45) is 3.60. The lowest BCUT2D eigenvalue weighted by Crippen LogP contribution is -2.17. The van der Waals surface area contributed by atoms with Crippen LogP contribution >= 0.6 is 11.6 Å². The monoisotopic (exact) mass is 328 g/mol. The first-order valence-electron chi connectivity index (χ1n) is 7.17. The zero-order valence-electron chi connectivity index (χ0n) is 13.2. The molecule has 3 rings (SSSR count). The van der Waals surface area contributed by atoms with Crippen LogP contribution in [0, 0.1) is 6.92 Å². The van der Waals surface area contributed by atoms with E-state index in [0.29, 0.717) is 16.4 Å². The fraction of sp³-hybridized carbons (Fsp3) is 0.176. The van der Waals surface area contributed by atoms with Gasteiger partial charge >= 0.3 is 0 Å². The number of hydrogen-bond donors (Lipinski definition) is 1. The molecule has 0 aliphatic carbocycles. The molecule has 2 heterocycles. The first-order chi connectivity index (χ1) is 10.9. The molecule has 0 radical (unpaired) electrons. The number of rotatable bonds is 3. The number of imidazole rings is 1. The van der Waals surface area contributed by atoms with Gasteiger partial charge in [0.05, 0.1) is 11.4 Å². The van der Waals surface area contributed by atoms with Crippen LogP contribution in [-0.4, -0.2) is 29.4 Å². The normalized spacial score (nSPS) is 10.8. The summed E-state index contributed by atoms with van der Waals surface area (Å²) in [6, 6.07) is 9.29. The fourth-order valence-corrected chi connectivity index (χ4v) is 2.55. The van der Waals surface area contributed by atoms with E-state index in [1.807, 2.05) is 54.7 Å². The van der Waals surface area contributed by atoms with Gasteiger partial charge in [0.2, 0.25) is 0 Å². The van der Waals surface area contributed by atoms with Crippen molar-refractivity contribution in [3.63, 3.8) is 0 Å². The van der Waals surface area contributed by atoms with E-state index in [4.69, 9.17) is 11.6 Å². The Morgan fingerprint density at radius 1 is 1.26 bits per heavy atom. The van der Waals surface area contributed by atoms with Gasteiger partial charge in [0.1, 0.15) is 11.3 Å². The summed E-state index contributed by atoms with van der Waals surface area (Å²) in [5, 5.41) is 3.45. The number of anilines is 2. The van der Waals surface area contributed by atoms with Crippen LogP contribution in [0.2, 0.25) is 5.02 Å². The summed E-state index contributed by atoms with van der Waals surface area (Å²) in [5.41, 5.74) is 3.73. The Kier molecular flexibility index (Phi) is 3.96. The highest BCUT2D eigenvalue weighted by molar-refractivity contribution is 6.31. The molecule has 0 fully saturated rings. The molecule has 0 unspecified atom stereocenters. The average Bonchev–Trinajstić information content (AvgIpc) is 2.90. The summed E-state index contributed by atoms with van der Waals surface area (Å²) < 4.78 is 1.83. The first-order valence-corrected chi connectivity index (χ1v) is 7.55. The minimum atomic E-state index is -0.267. The van der Waals surface area contributed by atoms with Crippen LogP contribution in [0.25, 0.3) is 5.65 Å². The third-order valence-corrected chi connectivity index (χ3v) is 3.77. The summed E-state index contributed by atoms with van der Waals surface area (Å²) in [6.45, 7) is 1.99. The maximum absolute atomic E-state index is 12.5. The Bertz CT molecular complexity index is 885. The second-order valence-corrected chi connectivity index (χ2v) is 6.04. The Morgan fingerprint density at radius 3 is 2.78 bits per heavy atom. The highest BCUT2D eigenvalue weighted by atomic mass is 35.5. The summed E-state index contributed by atoms with van der Waals surface area (Å²) >= 11 is 6.04. The average molecular weight is 329 g/mol. The highest BCUT2D eigenvalue weighted by Gasteiger charge is 2.14. The van der Waals surface area contributed by atoms with Crippen molar-refractivity contribution in [2.24, 2.45) is 0 Å². The molecule has 0 saturated carbocycles. The van der Waals surface area contributed by atoms with Gasteiger partial charge in [-0.05, 0) is 42.8 Å². The number of carbonyl (C=O) groups is 1. The van der Waals surface area contributed by atoms with Gasteiger partial charge in [-0.3, -0.25) is 4.79 Å². The van der Waals surface area contributed by atoms with Crippen molar-refractivity contribution >= 4 is 34.5 Å². The Hall–Kier alpha value is -2.53. The Labute approximate surface area is 139 Å². The molecule has 5 nitrogen and oxygen atoms in total. The molecule has 0 atom stereocenters. The zero-order chi connectivity index (χ0) is 16.6. The molecule has 0 spiro atoms. The standard InChI is InChI=1S/C17H17ClN4O/c1-11-6-7-22-10-14(19-16(22)8-11)17(23)20-13-9-12(18)4-5-15(13)21(2)3/h4-10H,1-3H3,(H,20,23). The number of nitrogens with zero attached hydrogens (tertiary/aromatic N) is 3. The zero-order valence-corrected chi connectivity index (χ0v) is 13.9. The van der Waals surface area contributed by atoms with Crippen molar-refractivity contribution in [1.82, 2.24) is 9.38 Å². The highest BCUT2D eigenvalue weighted by Crippen LogP contribution is 2.28. The largest absolute Gasteiger partial charge is 0.376 e. The molecular weight excluding hydrogens is 312 g/mol. The summed E-state index contributed by atoms with van der Waals surface area (Å²) in [5.74, 6) is -0.267. The molecule has 1 aromatic carbocycles. The molecule has 1 amide bonds. The van der Waals surface area contributed by atoms with Gasteiger partial charge in [0.15, 0.2) is 0 Å². The lowest BCUT2D eigenvalue weighted by atomic mass is 10.2. The second kappa shape index (κ2) is 5.93. The Morgan fingerprint density at radius 2 is 2.04 bits per heavy atom. The van der Waals surface area contributed by atoms with E-state index in [2.05, 4.69) is 10.3 Å². The van der Waals surface area contributed by atoms with E-state index in [0.717, 1.165) is 16.9 Å². The van der Waals surface area contributed by atoms with Crippen LogP contribution in [0.5, 0.6) is 0 Å². The van der Waals surface area contributed by atoms with E-state index in [9.17, 15) is 4.79 Å². The van der Waals surface area contributed by atoms with E-state index >= 15 is 0 Å². The van der Waals surface area contributed by atoms with Gasteiger partial charge < -0.3 is 14.6 Å². The molecule has 1 N–H and O–H groups in total. The van der Waals surface area contributed by atoms with Crippen LogP contribution in [0.1, 0.15) is 16.1 Å². The number of hydrogen-bond acceptors (Lipinski definition) is 3. The topological polar surface area (TPSA) is 49.6 Å². The molecule has 0 aliphatic heterocycles. The number of aromatic nitrogens is 2. The molecule has 3 aromatic rings. The lowest BCUT2D eigenvalue weighted by Gasteiger charge is -2.17. The van der Waals surface area contributed by atoms with Crippen molar-refractivity contribution in [2.45, 2.75) is 6.92 Å². The minimum absolute atomic E-state index is 0.267. The Balaban J connectivity index is 1.93. The smallest absolute Gasteiger partial charge is 0.275 e. The molecule has 0 bridgehead atoms. The van der Waals surface area contributed by atoms with E-state index in [-0.39, 0.29) is 5.91 Å². The molecule has 0 saturated heterocycles. The van der Waals surface area contributed by atoms with Gasteiger partial charge in [-0.25, -0.2) is 4.98 Å². The number of fused-ring (bicyclic) bond motifs is 1. The predicted molar refractivity (Wildman–Crippen MR) is 93.7 cm³/mol. The number of amides is 1. The number of benzene rings is 1. The first kappa shape index (κ1) is 15.4. The van der Waals surface area contributed by atoms with E-state index < -0.39 is 0 Å². The number of halogens is 1. The van der Waals surface area contributed by atoms with E-state index in [1.165, 1.54) is 0 Å². The van der Waals surface area contributed by atoms with Gasteiger partial charge in [-0.2, -0.15) is 0 Å². The van der Waals surface area contributed by atoms with Crippen molar-refractivity contribution in [1.29, 1.82) is 0 Å². The van der Waals surface area contributed by atoms with Gasteiger partial charge in [0.25, 0.3) is 5.91 Å². The second-order valence-electron chi connectivity index (χ2n) is 5.61. The van der Waals surface area contributed by atoms with Gasteiger partial charge in [0, 0.05) is 31.5 Å². The fourth-order valence-electron chi connectivity index (χ4n) is 2.38. The summed E-state index contributed by atoms with van der Waals surface area (Å²) in [7, 11) is 3.82. The van der Waals surface area contributed by atoms with Crippen molar-refractivity contribution < 1.29 is 4.79 Å². The molecule has 23 heavy (non-hydrogen) atoms. The molecule has 6 heteroatoms.